The largest absolute Gasteiger partial charge is 0.329 e. The van der Waals surface area contributed by atoms with Crippen LogP contribution in [0.4, 0.5) is 0 Å². The molecule has 0 bridgehead atoms. The van der Waals surface area contributed by atoms with E-state index in [-0.39, 0.29) is 5.54 Å². The lowest BCUT2D eigenvalue weighted by Crippen LogP contribution is -2.51. The molecule has 0 aliphatic carbocycles. The first-order chi connectivity index (χ1) is 7.12. The molecule has 0 aromatic heterocycles. The molecule has 0 saturated heterocycles. The van der Waals surface area contributed by atoms with Gasteiger partial charge >= 0.3 is 0 Å². The fourth-order valence-electron chi connectivity index (χ4n) is 1.78. The molecule has 1 rings (SSSR count). The van der Waals surface area contributed by atoms with Crippen LogP contribution in [0, 0.1) is 0 Å². The number of hydrogen-bond donors (Lipinski definition) is 1. The number of nitrogens with zero attached hydrogens (tertiary/aromatic N) is 1. The average molecular weight is 206 g/mol. The Morgan fingerprint density at radius 3 is 2.33 bits per heavy atom. The van der Waals surface area contributed by atoms with Gasteiger partial charge in [-0.15, -0.1) is 0 Å². The molecule has 1 aromatic rings. The maximum atomic E-state index is 5.89. The van der Waals surface area contributed by atoms with E-state index >= 15 is 0 Å². The summed E-state index contributed by atoms with van der Waals surface area (Å²) in [5.41, 5.74) is 7.31. The smallest absolute Gasteiger partial charge is 0.0340 e. The third-order valence-electron chi connectivity index (χ3n) is 3.26. The van der Waals surface area contributed by atoms with E-state index < -0.39 is 0 Å². The third kappa shape index (κ3) is 3.05. The van der Waals surface area contributed by atoms with Crippen molar-refractivity contribution < 1.29 is 0 Å². The molecule has 84 valence electrons. The normalized spacial score (nSPS) is 15.3. The maximum Gasteiger partial charge on any atom is 0.0340 e. The molecule has 0 aliphatic rings. The van der Waals surface area contributed by atoms with Crippen LogP contribution in [0.2, 0.25) is 0 Å². The van der Waals surface area contributed by atoms with Gasteiger partial charge in [-0.1, -0.05) is 37.3 Å². The van der Waals surface area contributed by atoms with Gasteiger partial charge in [-0.3, -0.25) is 4.90 Å². The summed E-state index contributed by atoms with van der Waals surface area (Å²) < 4.78 is 0. The fraction of sp³-hybridized carbons (Fsp3) is 0.538. The van der Waals surface area contributed by atoms with E-state index in [1.54, 1.807) is 0 Å². The summed E-state index contributed by atoms with van der Waals surface area (Å²) in [4.78, 5) is 2.32. The van der Waals surface area contributed by atoms with Crippen LogP contribution in [-0.2, 0) is 6.42 Å². The second-order valence-corrected chi connectivity index (χ2v) is 4.38. The lowest BCUT2D eigenvalue weighted by atomic mass is 9.91. The van der Waals surface area contributed by atoms with Gasteiger partial charge in [-0.2, -0.15) is 0 Å². The predicted molar refractivity (Wildman–Crippen MR) is 65.9 cm³/mol. The van der Waals surface area contributed by atoms with Crippen molar-refractivity contribution in [3.05, 3.63) is 35.9 Å². The Bertz CT molecular complexity index is 284. The van der Waals surface area contributed by atoms with Crippen molar-refractivity contribution in [2.24, 2.45) is 5.73 Å². The molecule has 0 aliphatic heterocycles. The molecule has 2 N–H and O–H groups in total. The van der Waals surface area contributed by atoms with Crippen LogP contribution in [0.5, 0.6) is 0 Å². The monoisotopic (exact) mass is 206 g/mol. The van der Waals surface area contributed by atoms with Gasteiger partial charge in [0.15, 0.2) is 0 Å². The van der Waals surface area contributed by atoms with Crippen molar-refractivity contribution in [2.45, 2.75) is 25.8 Å². The minimum absolute atomic E-state index is 0.0656. The number of rotatable bonds is 5. The van der Waals surface area contributed by atoms with Gasteiger partial charge in [0.2, 0.25) is 0 Å². The molecule has 0 radical (unpaired) electrons. The van der Waals surface area contributed by atoms with Gasteiger partial charge < -0.3 is 5.73 Å². The van der Waals surface area contributed by atoms with Crippen molar-refractivity contribution in [2.75, 3.05) is 20.1 Å². The second-order valence-electron chi connectivity index (χ2n) is 4.38. The van der Waals surface area contributed by atoms with Gasteiger partial charge in [-0.25, -0.2) is 0 Å². The van der Waals surface area contributed by atoms with E-state index in [0.717, 1.165) is 13.0 Å². The van der Waals surface area contributed by atoms with Crippen molar-refractivity contribution in [3.8, 4) is 0 Å². The van der Waals surface area contributed by atoms with Crippen molar-refractivity contribution in [1.29, 1.82) is 0 Å². The highest BCUT2D eigenvalue weighted by Gasteiger charge is 2.26. The van der Waals surface area contributed by atoms with E-state index in [1.165, 1.54) is 5.56 Å². The van der Waals surface area contributed by atoms with Crippen LogP contribution < -0.4 is 5.73 Å². The van der Waals surface area contributed by atoms with E-state index in [2.05, 4.69) is 50.1 Å². The Kier molecular flexibility index (Phi) is 4.30. The SMILES string of the molecule is CCN(C)C(C)(CN)Cc1ccccc1. The standard InChI is InChI=1S/C13H22N2/c1-4-15(3)13(2,11-14)10-12-8-6-5-7-9-12/h5-9H,4,10-11,14H2,1-3H3. The zero-order valence-corrected chi connectivity index (χ0v) is 10.0. The summed E-state index contributed by atoms with van der Waals surface area (Å²) in [6.07, 6.45) is 1.01. The van der Waals surface area contributed by atoms with Crippen LogP contribution in [0.15, 0.2) is 30.3 Å². The Hall–Kier alpha value is -0.860. The first-order valence-electron chi connectivity index (χ1n) is 5.57. The first-order valence-corrected chi connectivity index (χ1v) is 5.57. The first kappa shape index (κ1) is 12.2. The highest BCUT2D eigenvalue weighted by Crippen LogP contribution is 2.18. The van der Waals surface area contributed by atoms with E-state index in [4.69, 9.17) is 5.73 Å². The molecule has 1 unspecified atom stereocenters. The van der Waals surface area contributed by atoms with E-state index in [0.29, 0.717) is 6.54 Å². The molecule has 1 atom stereocenters. The highest BCUT2D eigenvalue weighted by atomic mass is 15.2. The number of likely N-dealkylation sites (N-methyl/N-ethyl adjacent to an activating group) is 1. The van der Waals surface area contributed by atoms with Gasteiger partial charge in [0, 0.05) is 12.1 Å². The summed E-state index contributed by atoms with van der Waals surface area (Å²) in [6, 6.07) is 10.5. The van der Waals surface area contributed by atoms with Gasteiger partial charge in [0.05, 0.1) is 0 Å². The van der Waals surface area contributed by atoms with E-state index in [9.17, 15) is 0 Å². The van der Waals surface area contributed by atoms with Gasteiger partial charge in [0.1, 0.15) is 0 Å². The molecule has 2 nitrogen and oxygen atoms in total. The minimum Gasteiger partial charge on any atom is -0.329 e. The Morgan fingerprint density at radius 1 is 1.27 bits per heavy atom. The second kappa shape index (κ2) is 5.29. The summed E-state index contributed by atoms with van der Waals surface area (Å²) in [5, 5.41) is 0. The summed E-state index contributed by atoms with van der Waals surface area (Å²) in [6.45, 7) is 6.11. The minimum atomic E-state index is 0.0656. The predicted octanol–water partition coefficient (Wildman–Crippen LogP) is 1.90. The van der Waals surface area contributed by atoms with Gasteiger partial charge in [0.25, 0.3) is 0 Å². The molecule has 2 heteroatoms. The molecule has 0 saturated carbocycles. The summed E-state index contributed by atoms with van der Waals surface area (Å²) >= 11 is 0. The molecule has 0 fully saturated rings. The van der Waals surface area contributed by atoms with Crippen LogP contribution >= 0.6 is 0 Å². The van der Waals surface area contributed by atoms with Crippen molar-refractivity contribution in [3.63, 3.8) is 0 Å². The molecule has 0 amide bonds. The lowest BCUT2D eigenvalue weighted by Gasteiger charge is -2.37. The van der Waals surface area contributed by atoms with Crippen LogP contribution in [-0.4, -0.2) is 30.6 Å². The third-order valence-corrected chi connectivity index (χ3v) is 3.26. The molecular formula is C13H22N2. The van der Waals surface area contributed by atoms with Crippen LogP contribution in [0.1, 0.15) is 19.4 Å². The molecule has 0 spiro atoms. The van der Waals surface area contributed by atoms with Crippen LogP contribution in [0.3, 0.4) is 0 Å². The average Bonchev–Trinajstić information content (AvgIpc) is 2.29. The Balaban J connectivity index is 2.77. The maximum absolute atomic E-state index is 5.89. The van der Waals surface area contributed by atoms with Crippen molar-refractivity contribution >= 4 is 0 Å². The molecular weight excluding hydrogens is 184 g/mol. The molecule has 1 aromatic carbocycles. The topological polar surface area (TPSA) is 29.3 Å². The van der Waals surface area contributed by atoms with Crippen molar-refractivity contribution in [1.82, 2.24) is 4.90 Å². The lowest BCUT2D eigenvalue weighted by molar-refractivity contribution is 0.152. The number of hydrogen-bond acceptors (Lipinski definition) is 2. The zero-order valence-electron chi connectivity index (χ0n) is 10.0. The van der Waals surface area contributed by atoms with Crippen LogP contribution in [0.25, 0.3) is 0 Å². The molecule has 15 heavy (non-hydrogen) atoms. The van der Waals surface area contributed by atoms with E-state index in [1.807, 2.05) is 6.07 Å². The number of nitrogens with two attached hydrogens (primary N) is 1. The Labute approximate surface area is 93.1 Å². The van der Waals surface area contributed by atoms with Gasteiger partial charge in [-0.05, 0) is 32.5 Å². The summed E-state index contributed by atoms with van der Waals surface area (Å²) in [5.74, 6) is 0. The fourth-order valence-corrected chi connectivity index (χ4v) is 1.78. The Morgan fingerprint density at radius 2 is 1.87 bits per heavy atom. The zero-order chi connectivity index (χ0) is 11.3. The highest BCUT2D eigenvalue weighted by molar-refractivity contribution is 5.17. The summed E-state index contributed by atoms with van der Waals surface area (Å²) in [7, 11) is 2.13. The molecule has 0 heterocycles. The quantitative estimate of drug-likeness (QED) is 0.797. The number of benzene rings is 1.